The molecule has 8 heteroatoms. The summed E-state index contributed by atoms with van der Waals surface area (Å²) < 4.78 is 6.24. The van der Waals surface area contributed by atoms with Crippen molar-refractivity contribution in [3.05, 3.63) is 47.2 Å². The number of fused-ring (bicyclic) bond motifs is 4. The molecule has 1 aromatic heterocycles. The van der Waals surface area contributed by atoms with Crippen molar-refractivity contribution >= 4 is 23.5 Å². The highest BCUT2D eigenvalue weighted by Gasteiger charge is 2.60. The van der Waals surface area contributed by atoms with Gasteiger partial charge in [0.2, 0.25) is 0 Å². The van der Waals surface area contributed by atoms with E-state index >= 15 is 0 Å². The zero-order valence-electron chi connectivity index (χ0n) is 15.9. The Bertz CT molecular complexity index is 1040. The summed E-state index contributed by atoms with van der Waals surface area (Å²) in [6, 6.07) is 7.52. The number of guanidine groups is 1. The van der Waals surface area contributed by atoms with Crippen molar-refractivity contribution in [2.75, 3.05) is 7.05 Å². The number of pyridine rings is 1. The van der Waals surface area contributed by atoms with E-state index < -0.39 is 11.6 Å². The number of carbonyl (C=O) groups excluding carboxylic acids is 1. The van der Waals surface area contributed by atoms with E-state index in [2.05, 4.69) is 4.98 Å². The minimum Gasteiger partial charge on any atom is -0.490 e. The van der Waals surface area contributed by atoms with Crippen molar-refractivity contribution in [3.8, 4) is 16.9 Å². The number of aliphatic imine (C=N–C) groups is 1. The predicted octanol–water partition coefficient (Wildman–Crippen LogP) is 2.31. The van der Waals surface area contributed by atoms with Crippen molar-refractivity contribution in [2.45, 2.75) is 37.0 Å². The van der Waals surface area contributed by atoms with Crippen LogP contribution in [0.1, 0.15) is 24.8 Å². The highest BCUT2D eigenvalue weighted by atomic mass is 35.5. The second-order valence-corrected chi connectivity index (χ2v) is 8.37. The minimum absolute atomic E-state index is 0.160. The van der Waals surface area contributed by atoms with Gasteiger partial charge in [0.25, 0.3) is 5.91 Å². The first kappa shape index (κ1) is 18.4. The second-order valence-electron chi connectivity index (χ2n) is 7.93. The minimum atomic E-state index is -1.14. The van der Waals surface area contributed by atoms with Crippen LogP contribution in [0.3, 0.4) is 0 Å². The highest BCUT2D eigenvalue weighted by molar-refractivity contribution is 6.30. The number of rotatable bonds is 1. The van der Waals surface area contributed by atoms with E-state index in [4.69, 9.17) is 27.1 Å². The number of carbonyl (C=O) groups is 1. The Labute approximate surface area is 173 Å². The molecule has 0 saturated heterocycles. The van der Waals surface area contributed by atoms with Gasteiger partial charge in [-0.05, 0) is 36.6 Å². The Hall–Kier alpha value is -2.64. The van der Waals surface area contributed by atoms with Crippen LogP contribution in [0.5, 0.6) is 5.75 Å². The Morgan fingerprint density at radius 3 is 2.83 bits per heavy atom. The van der Waals surface area contributed by atoms with E-state index in [9.17, 15) is 9.90 Å². The molecule has 1 spiro atoms. The maximum Gasteiger partial charge on any atom is 0.262 e. The Balaban J connectivity index is 1.71. The van der Waals surface area contributed by atoms with E-state index in [1.165, 1.54) is 4.90 Å². The monoisotopic (exact) mass is 412 g/mol. The third kappa shape index (κ3) is 2.64. The van der Waals surface area contributed by atoms with Crippen molar-refractivity contribution in [3.63, 3.8) is 0 Å². The van der Waals surface area contributed by atoms with Crippen LogP contribution in [0.4, 0.5) is 0 Å². The number of amides is 1. The summed E-state index contributed by atoms with van der Waals surface area (Å²) >= 11 is 6.11. The fourth-order valence-electron chi connectivity index (χ4n) is 4.84. The normalized spacial score (nSPS) is 30.6. The van der Waals surface area contributed by atoms with E-state index in [-0.39, 0.29) is 23.9 Å². The number of aliphatic hydroxyl groups is 1. The van der Waals surface area contributed by atoms with Crippen LogP contribution in [0.2, 0.25) is 5.02 Å². The Morgan fingerprint density at radius 2 is 2.10 bits per heavy atom. The van der Waals surface area contributed by atoms with Crippen LogP contribution < -0.4 is 10.5 Å². The molecule has 3 heterocycles. The molecular formula is C21H21ClN4O3. The van der Waals surface area contributed by atoms with Gasteiger partial charge in [0.1, 0.15) is 11.9 Å². The topological polar surface area (TPSA) is 101 Å². The van der Waals surface area contributed by atoms with E-state index in [1.807, 2.05) is 24.3 Å². The van der Waals surface area contributed by atoms with E-state index in [0.717, 1.165) is 11.1 Å². The number of halogens is 1. The molecule has 3 aliphatic rings. The number of benzene rings is 1. The van der Waals surface area contributed by atoms with Crippen molar-refractivity contribution in [2.24, 2.45) is 16.6 Å². The predicted molar refractivity (Wildman–Crippen MR) is 109 cm³/mol. The summed E-state index contributed by atoms with van der Waals surface area (Å²) in [6.45, 7) is 0. The molecule has 3 N–H and O–H groups in total. The molecule has 1 amide bonds. The second kappa shape index (κ2) is 6.43. The molecule has 4 unspecified atom stereocenters. The van der Waals surface area contributed by atoms with Gasteiger partial charge in [0.05, 0.1) is 11.1 Å². The average Bonchev–Trinajstić information content (AvgIpc) is 2.92. The van der Waals surface area contributed by atoms with E-state index in [0.29, 0.717) is 35.6 Å². The van der Waals surface area contributed by atoms with Gasteiger partial charge < -0.3 is 15.6 Å². The third-order valence-electron chi connectivity index (χ3n) is 6.27. The molecule has 2 aromatic rings. The lowest BCUT2D eigenvalue weighted by molar-refractivity contribution is -0.138. The number of ether oxygens (including phenoxy) is 1. The van der Waals surface area contributed by atoms with E-state index in [1.54, 1.807) is 19.4 Å². The largest absolute Gasteiger partial charge is 0.490 e. The number of nitrogens with two attached hydrogens (primary N) is 1. The summed E-state index contributed by atoms with van der Waals surface area (Å²) in [6.07, 6.45) is 4.27. The molecule has 2 aliphatic heterocycles. The fraction of sp³-hybridized carbons (Fsp3) is 0.381. The quantitative estimate of drug-likeness (QED) is 0.748. The summed E-state index contributed by atoms with van der Waals surface area (Å²) in [5.74, 6) is 0.441. The van der Waals surface area contributed by atoms with Gasteiger partial charge in [-0.1, -0.05) is 17.7 Å². The summed E-state index contributed by atoms with van der Waals surface area (Å²) in [7, 11) is 1.64. The maximum absolute atomic E-state index is 13.5. The fourth-order valence-corrected chi connectivity index (χ4v) is 5.01. The average molecular weight is 413 g/mol. The van der Waals surface area contributed by atoms with Gasteiger partial charge in [-0.2, -0.15) is 0 Å². The number of nitrogens with zero attached hydrogens (tertiary/aromatic N) is 3. The van der Waals surface area contributed by atoms with Crippen molar-refractivity contribution < 1.29 is 14.6 Å². The number of aromatic nitrogens is 1. The first-order valence-electron chi connectivity index (χ1n) is 9.64. The van der Waals surface area contributed by atoms with Crippen LogP contribution in [0, 0.1) is 5.92 Å². The molecule has 1 saturated carbocycles. The zero-order valence-corrected chi connectivity index (χ0v) is 16.6. The number of likely N-dealkylation sites (N-methyl/N-ethyl adjacent to an activating group) is 1. The van der Waals surface area contributed by atoms with Gasteiger partial charge in [0, 0.05) is 42.9 Å². The molecule has 4 atom stereocenters. The lowest BCUT2D eigenvalue weighted by atomic mass is 9.67. The van der Waals surface area contributed by atoms with Gasteiger partial charge in [0.15, 0.2) is 11.5 Å². The Kier molecular flexibility index (Phi) is 4.08. The summed E-state index contributed by atoms with van der Waals surface area (Å²) in [4.78, 5) is 23.8. The maximum atomic E-state index is 13.5. The first-order chi connectivity index (χ1) is 13.9. The summed E-state index contributed by atoms with van der Waals surface area (Å²) in [5, 5.41) is 10.7. The lowest BCUT2D eigenvalue weighted by Gasteiger charge is -2.46. The summed E-state index contributed by atoms with van der Waals surface area (Å²) in [5.41, 5.74) is 7.35. The molecule has 1 aliphatic carbocycles. The molecule has 0 radical (unpaired) electrons. The molecule has 7 nitrogen and oxygen atoms in total. The van der Waals surface area contributed by atoms with Crippen LogP contribution in [0.15, 0.2) is 41.7 Å². The molecule has 29 heavy (non-hydrogen) atoms. The number of hydrogen-bond acceptors (Lipinski definition) is 6. The number of aliphatic hydroxyl groups excluding tert-OH is 1. The Morgan fingerprint density at radius 1 is 1.28 bits per heavy atom. The van der Waals surface area contributed by atoms with Gasteiger partial charge >= 0.3 is 0 Å². The lowest BCUT2D eigenvalue weighted by Crippen LogP contribution is -2.55. The van der Waals surface area contributed by atoms with Gasteiger partial charge in [-0.15, -0.1) is 0 Å². The van der Waals surface area contributed by atoms with Gasteiger partial charge in [-0.3, -0.25) is 14.7 Å². The van der Waals surface area contributed by atoms with Crippen molar-refractivity contribution in [1.29, 1.82) is 0 Å². The smallest absolute Gasteiger partial charge is 0.262 e. The molecule has 5 rings (SSSR count). The SMILES string of the molecule is CN1C(=O)C2(N=C1N)c1cc(-c3cncc(Cl)c3)ccc1OC1CC(O)CCC12. The third-order valence-corrected chi connectivity index (χ3v) is 6.48. The number of hydrogen-bond donors (Lipinski definition) is 2. The molecule has 150 valence electrons. The zero-order chi connectivity index (χ0) is 20.3. The van der Waals surface area contributed by atoms with Crippen LogP contribution in [0.25, 0.3) is 11.1 Å². The molecule has 1 aromatic carbocycles. The highest BCUT2D eigenvalue weighted by Crippen LogP contribution is 2.53. The van der Waals surface area contributed by atoms with Crippen LogP contribution in [-0.4, -0.2) is 46.1 Å². The van der Waals surface area contributed by atoms with Gasteiger partial charge in [-0.25, -0.2) is 4.99 Å². The molecule has 1 fully saturated rings. The van der Waals surface area contributed by atoms with Crippen LogP contribution in [-0.2, 0) is 10.3 Å². The standard InChI is InChI=1S/C21H21ClN4O3/c1-26-19(28)21(25-20(26)23)15-4-3-14(27)8-18(15)29-17-5-2-11(7-16(17)21)12-6-13(22)10-24-9-12/h2,5-7,9-10,14-15,18,27H,3-4,8H2,1H3,(H2,23,25). The van der Waals surface area contributed by atoms with Crippen LogP contribution >= 0.6 is 11.6 Å². The molecular weight excluding hydrogens is 392 g/mol. The molecule has 0 bridgehead atoms. The van der Waals surface area contributed by atoms with Crippen molar-refractivity contribution in [1.82, 2.24) is 9.88 Å². The first-order valence-corrected chi connectivity index (χ1v) is 10.0.